The second kappa shape index (κ2) is 7.12. The van der Waals surface area contributed by atoms with E-state index >= 15 is 0 Å². The van der Waals surface area contributed by atoms with E-state index < -0.39 is 10.0 Å². The number of benzene rings is 1. The number of hydrogen-bond acceptors (Lipinski definition) is 7. The molecule has 3 heterocycles. The van der Waals surface area contributed by atoms with E-state index in [1.54, 1.807) is 54.3 Å². The van der Waals surface area contributed by atoms with Crippen LogP contribution in [0.2, 0.25) is 0 Å². The van der Waals surface area contributed by atoms with E-state index in [4.69, 9.17) is 0 Å². The quantitative estimate of drug-likeness (QED) is 0.455. The van der Waals surface area contributed by atoms with E-state index in [1.165, 1.54) is 12.5 Å². The molecule has 0 saturated carbocycles. The van der Waals surface area contributed by atoms with Gasteiger partial charge in [-0.3, -0.25) is 4.72 Å². The highest BCUT2D eigenvalue weighted by atomic mass is 32.2. The van der Waals surface area contributed by atoms with Gasteiger partial charge >= 0.3 is 0 Å². The molecule has 0 unspecified atom stereocenters. The van der Waals surface area contributed by atoms with Gasteiger partial charge in [0.25, 0.3) is 10.0 Å². The first-order chi connectivity index (χ1) is 13.5. The molecule has 0 radical (unpaired) electrons. The van der Waals surface area contributed by atoms with E-state index in [0.717, 1.165) is 5.69 Å². The SMILES string of the molecule is Cc1nc(Nc2ccc(NS(=O)(=O)c3cnc[nH]3)cc2)cc(-n2cccn2)n1. The number of sulfonamides is 1. The van der Waals surface area contributed by atoms with Gasteiger partial charge in [0.05, 0.1) is 12.5 Å². The molecule has 28 heavy (non-hydrogen) atoms. The molecular formula is C17H16N8O2S. The third-order valence-corrected chi connectivity index (χ3v) is 5.04. The third kappa shape index (κ3) is 3.83. The molecule has 0 spiro atoms. The number of nitrogens with one attached hydrogen (secondary N) is 3. The van der Waals surface area contributed by atoms with Crippen LogP contribution in [0.15, 0.2) is 66.3 Å². The van der Waals surface area contributed by atoms with Crippen LogP contribution in [0, 0.1) is 6.92 Å². The molecule has 0 amide bonds. The van der Waals surface area contributed by atoms with Gasteiger partial charge in [0.1, 0.15) is 11.6 Å². The van der Waals surface area contributed by atoms with Gasteiger partial charge < -0.3 is 10.3 Å². The van der Waals surface area contributed by atoms with Crippen molar-refractivity contribution in [1.82, 2.24) is 29.7 Å². The Labute approximate surface area is 160 Å². The molecule has 3 N–H and O–H groups in total. The molecule has 11 heteroatoms. The Hall–Kier alpha value is -3.73. The molecule has 0 fully saturated rings. The van der Waals surface area contributed by atoms with Crippen LogP contribution in [0.5, 0.6) is 0 Å². The van der Waals surface area contributed by atoms with Gasteiger partial charge in [-0.2, -0.15) is 13.5 Å². The molecule has 3 aromatic heterocycles. The zero-order chi connectivity index (χ0) is 19.6. The first kappa shape index (κ1) is 17.7. The number of rotatable bonds is 6. The highest BCUT2D eigenvalue weighted by Crippen LogP contribution is 2.20. The fourth-order valence-corrected chi connectivity index (χ4v) is 3.47. The van der Waals surface area contributed by atoms with Crippen LogP contribution >= 0.6 is 0 Å². The molecule has 0 aliphatic rings. The van der Waals surface area contributed by atoms with E-state index in [2.05, 4.69) is 35.1 Å². The maximum atomic E-state index is 12.2. The maximum absolute atomic E-state index is 12.2. The zero-order valence-corrected chi connectivity index (χ0v) is 15.6. The number of H-pyrrole nitrogens is 1. The Morgan fingerprint density at radius 1 is 1.11 bits per heavy atom. The van der Waals surface area contributed by atoms with Crippen LogP contribution in [0.1, 0.15) is 5.82 Å². The van der Waals surface area contributed by atoms with Crippen molar-refractivity contribution < 1.29 is 8.42 Å². The summed E-state index contributed by atoms with van der Waals surface area (Å²) in [5, 5.41) is 7.35. The maximum Gasteiger partial charge on any atom is 0.278 e. The number of aryl methyl sites for hydroxylation is 1. The smallest absolute Gasteiger partial charge is 0.278 e. The van der Waals surface area contributed by atoms with Crippen LogP contribution < -0.4 is 10.0 Å². The fraction of sp³-hybridized carbons (Fsp3) is 0.0588. The lowest BCUT2D eigenvalue weighted by atomic mass is 10.3. The van der Waals surface area contributed by atoms with Gasteiger partial charge in [0.15, 0.2) is 10.8 Å². The summed E-state index contributed by atoms with van der Waals surface area (Å²) >= 11 is 0. The highest BCUT2D eigenvalue weighted by Gasteiger charge is 2.15. The van der Waals surface area contributed by atoms with Crippen molar-refractivity contribution in [3.8, 4) is 5.82 Å². The summed E-state index contributed by atoms with van der Waals surface area (Å²) in [6.07, 6.45) is 6.02. The lowest BCUT2D eigenvalue weighted by molar-refractivity contribution is 0.598. The lowest BCUT2D eigenvalue weighted by Crippen LogP contribution is -2.13. The Morgan fingerprint density at radius 3 is 2.57 bits per heavy atom. The average Bonchev–Trinajstić information content (AvgIpc) is 3.37. The van der Waals surface area contributed by atoms with Crippen LogP contribution in [-0.2, 0) is 10.0 Å². The number of hydrogen-bond donors (Lipinski definition) is 3. The van der Waals surface area contributed by atoms with Crippen molar-refractivity contribution in [3.05, 3.63) is 67.1 Å². The van der Waals surface area contributed by atoms with Crippen molar-refractivity contribution >= 4 is 27.2 Å². The molecule has 142 valence electrons. The molecule has 4 rings (SSSR count). The van der Waals surface area contributed by atoms with Crippen molar-refractivity contribution in [2.75, 3.05) is 10.0 Å². The van der Waals surface area contributed by atoms with Crippen LogP contribution in [-0.4, -0.2) is 38.1 Å². The summed E-state index contributed by atoms with van der Waals surface area (Å²) in [6.45, 7) is 1.80. The van der Waals surface area contributed by atoms with Crippen LogP contribution in [0.25, 0.3) is 5.82 Å². The van der Waals surface area contributed by atoms with Gasteiger partial charge in [-0.05, 0) is 37.3 Å². The third-order valence-electron chi connectivity index (χ3n) is 3.74. The van der Waals surface area contributed by atoms with Crippen molar-refractivity contribution in [2.24, 2.45) is 0 Å². The standard InChI is InChI=1S/C17H16N8O2S/c1-12-21-15(9-16(22-12)25-8-2-7-20-25)23-13-3-5-14(6-4-13)24-28(26,27)17-10-18-11-19-17/h2-11,24H,1H3,(H,18,19)(H,21,22,23). The number of aromatic amines is 1. The van der Waals surface area contributed by atoms with Gasteiger partial charge in [0, 0.05) is 29.8 Å². The number of anilines is 3. The minimum absolute atomic E-state index is 0.00249. The normalized spacial score (nSPS) is 11.3. The van der Waals surface area contributed by atoms with Crippen molar-refractivity contribution in [3.63, 3.8) is 0 Å². The molecule has 4 aromatic rings. The summed E-state index contributed by atoms with van der Waals surface area (Å²) in [5.41, 5.74) is 1.17. The first-order valence-corrected chi connectivity index (χ1v) is 9.72. The van der Waals surface area contributed by atoms with Gasteiger partial charge in [-0.1, -0.05) is 0 Å². The molecule has 0 bridgehead atoms. The fourth-order valence-electron chi connectivity index (χ4n) is 2.51. The highest BCUT2D eigenvalue weighted by molar-refractivity contribution is 7.92. The van der Waals surface area contributed by atoms with E-state index in [-0.39, 0.29) is 5.03 Å². The summed E-state index contributed by atoms with van der Waals surface area (Å²) in [7, 11) is -3.70. The first-order valence-electron chi connectivity index (χ1n) is 8.24. The van der Waals surface area contributed by atoms with E-state index in [9.17, 15) is 8.42 Å². The Morgan fingerprint density at radius 2 is 1.89 bits per heavy atom. The second-order valence-electron chi connectivity index (χ2n) is 5.83. The van der Waals surface area contributed by atoms with Crippen molar-refractivity contribution in [2.45, 2.75) is 11.9 Å². The molecule has 10 nitrogen and oxygen atoms in total. The molecule has 0 saturated heterocycles. The monoisotopic (exact) mass is 396 g/mol. The Kier molecular flexibility index (Phi) is 4.49. The Balaban J connectivity index is 1.51. The van der Waals surface area contributed by atoms with E-state index in [0.29, 0.717) is 23.1 Å². The lowest BCUT2D eigenvalue weighted by Gasteiger charge is -2.10. The minimum atomic E-state index is -3.70. The molecular weight excluding hydrogens is 380 g/mol. The predicted molar refractivity (Wildman–Crippen MR) is 103 cm³/mol. The molecule has 0 aliphatic heterocycles. The second-order valence-corrected chi connectivity index (χ2v) is 7.48. The summed E-state index contributed by atoms with van der Waals surface area (Å²) in [4.78, 5) is 15.0. The summed E-state index contributed by atoms with van der Waals surface area (Å²) < 4.78 is 28.5. The number of imidazole rings is 1. The molecule has 0 atom stereocenters. The van der Waals surface area contributed by atoms with Gasteiger partial charge in [-0.25, -0.2) is 19.6 Å². The minimum Gasteiger partial charge on any atom is -0.340 e. The summed E-state index contributed by atoms with van der Waals surface area (Å²) in [6, 6.07) is 10.4. The number of nitrogens with zero attached hydrogens (tertiary/aromatic N) is 5. The summed E-state index contributed by atoms with van der Waals surface area (Å²) in [5.74, 6) is 1.84. The zero-order valence-electron chi connectivity index (χ0n) is 14.7. The van der Waals surface area contributed by atoms with Crippen LogP contribution in [0.3, 0.4) is 0 Å². The van der Waals surface area contributed by atoms with Crippen LogP contribution in [0.4, 0.5) is 17.2 Å². The largest absolute Gasteiger partial charge is 0.340 e. The van der Waals surface area contributed by atoms with Gasteiger partial charge in [0.2, 0.25) is 0 Å². The Bertz CT molecular complexity index is 1170. The molecule has 0 aliphatic carbocycles. The molecule has 1 aromatic carbocycles. The average molecular weight is 396 g/mol. The van der Waals surface area contributed by atoms with Gasteiger partial charge in [-0.15, -0.1) is 0 Å². The van der Waals surface area contributed by atoms with E-state index in [1.807, 2.05) is 6.07 Å². The predicted octanol–water partition coefficient (Wildman–Crippen LogP) is 2.24. The van der Waals surface area contributed by atoms with Crippen molar-refractivity contribution in [1.29, 1.82) is 0 Å². The topological polar surface area (TPSA) is 130 Å². The number of aromatic nitrogens is 6.